The smallest absolute Gasteiger partial charge is 0.243 e. The lowest BCUT2D eigenvalue weighted by Gasteiger charge is -2.12. The Bertz CT molecular complexity index is 773. The van der Waals surface area contributed by atoms with Crippen LogP contribution in [0.2, 0.25) is 5.02 Å². The average molecular weight is 347 g/mol. The Morgan fingerprint density at radius 2 is 1.83 bits per heavy atom. The molecule has 1 aliphatic carbocycles. The van der Waals surface area contributed by atoms with Crippen molar-refractivity contribution >= 4 is 29.1 Å². The molecule has 1 fully saturated rings. The molecule has 1 saturated carbocycles. The number of carbonyl (C=O) groups is 2. The van der Waals surface area contributed by atoms with Gasteiger partial charge in [-0.25, -0.2) is 4.39 Å². The molecule has 0 aliphatic heterocycles. The van der Waals surface area contributed by atoms with E-state index in [1.165, 1.54) is 18.2 Å². The number of carbonyl (C=O) groups excluding carboxylic acids is 2. The van der Waals surface area contributed by atoms with E-state index in [2.05, 4.69) is 10.6 Å². The number of halogens is 2. The van der Waals surface area contributed by atoms with Gasteiger partial charge in [0.15, 0.2) is 0 Å². The van der Waals surface area contributed by atoms with Gasteiger partial charge in [-0.1, -0.05) is 23.7 Å². The van der Waals surface area contributed by atoms with E-state index in [1.807, 2.05) is 0 Å². The Balaban J connectivity index is 1.73. The fourth-order valence-electron chi connectivity index (χ4n) is 2.35. The SMILES string of the molecule is O=C(CNC(=O)C1CC1)Nc1ccc(F)cc1-c1ccc(Cl)cc1. The molecule has 4 nitrogen and oxygen atoms in total. The predicted octanol–water partition coefficient (Wildman–Crippen LogP) is 3.61. The van der Waals surface area contributed by atoms with Gasteiger partial charge in [0.2, 0.25) is 11.8 Å². The van der Waals surface area contributed by atoms with Gasteiger partial charge in [0.1, 0.15) is 5.82 Å². The minimum atomic E-state index is -0.403. The van der Waals surface area contributed by atoms with Crippen molar-refractivity contribution in [2.24, 2.45) is 5.92 Å². The second kappa shape index (κ2) is 7.01. The summed E-state index contributed by atoms with van der Waals surface area (Å²) in [7, 11) is 0. The average Bonchev–Trinajstić information content (AvgIpc) is 3.40. The van der Waals surface area contributed by atoms with Crippen molar-refractivity contribution < 1.29 is 14.0 Å². The first kappa shape index (κ1) is 16.5. The molecule has 2 N–H and O–H groups in total. The topological polar surface area (TPSA) is 58.2 Å². The van der Waals surface area contributed by atoms with Gasteiger partial charge >= 0.3 is 0 Å². The zero-order valence-electron chi connectivity index (χ0n) is 12.8. The molecule has 0 spiro atoms. The largest absolute Gasteiger partial charge is 0.347 e. The molecule has 6 heteroatoms. The summed E-state index contributed by atoms with van der Waals surface area (Å²) in [5.41, 5.74) is 1.76. The van der Waals surface area contributed by atoms with Crippen LogP contribution >= 0.6 is 11.6 Å². The number of nitrogens with one attached hydrogen (secondary N) is 2. The highest BCUT2D eigenvalue weighted by atomic mass is 35.5. The van der Waals surface area contributed by atoms with Crippen molar-refractivity contribution in [2.45, 2.75) is 12.8 Å². The molecule has 0 radical (unpaired) electrons. The Morgan fingerprint density at radius 3 is 2.50 bits per heavy atom. The summed E-state index contributed by atoms with van der Waals surface area (Å²) in [5.74, 6) is -0.804. The maximum Gasteiger partial charge on any atom is 0.243 e. The third kappa shape index (κ3) is 4.11. The van der Waals surface area contributed by atoms with E-state index in [-0.39, 0.29) is 24.3 Å². The number of hydrogen-bond donors (Lipinski definition) is 2. The maximum atomic E-state index is 13.6. The van der Waals surface area contributed by atoms with Crippen molar-refractivity contribution in [3.05, 3.63) is 53.3 Å². The standard InChI is InChI=1S/C18H16ClFN2O2/c19-13-5-3-11(4-6-13)15-9-14(20)7-8-16(15)22-17(23)10-21-18(24)12-1-2-12/h3-9,12H,1-2,10H2,(H,21,24)(H,22,23). The summed E-state index contributed by atoms with van der Waals surface area (Å²) in [6.45, 7) is -0.104. The molecule has 2 aromatic rings. The van der Waals surface area contributed by atoms with E-state index in [1.54, 1.807) is 24.3 Å². The number of hydrogen-bond acceptors (Lipinski definition) is 2. The molecule has 3 rings (SSSR count). The number of benzene rings is 2. The van der Waals surface area contributed by atoms with Crippen LogP contribution in [0, 0.1) is 11.7 Å². The van der Waals surface area contributed by atoms with Gasteiger partial charge in [-0.15, -0.1) is 0 Å². The molecular weight excluding hydrogens is 331 g/mol. The molecule has 0 bridgehead atoms. The Hall–Kier alpha value is -2.40. The summed E-state index contributed by atoms with van der Waals surface area (Å²) < 4.78 is 13.6. The molecule has 24 heavy (non-hydrogen) atoms. The Morgan fingerprint density at radius 1 is 1.12 bits per heavy atom. The highest BCUT2D eigenvalue weighted by Gasteiger charge is 2.29. The van der Waals surface area contributed by atoms with Crippen molar-refractivity contribution in [1.82, 2.24) is 5.32 Å². The Kier molecular flexibility index (Phi) is 4.81. The fraction of sp³-hybridized carbons (Fsp3) is 0.222. The van der Waals surface area contributed by atoms with Crippen molar-refractivity contribution in [3.63, 3.8) is 0 Å². The first-order valence-corrected chi connectivity index (χ1v) is 8.04. The van der Waals surface area contributed by atoms with Crippen LogP contribution in [0.5, 0.6) is 0 Å². The lowest BCUT2D eigenvalue weighted by atomic mass is 10.0. The quantitative estimate of drug-likeness (QED) is 0.868. The van der Waals surface area contributed by atoms with Crippen molar-refractivity contribution in [3.8, 4) is 11.1 Å². The van der Waals surface area contributed by atoms with E-state index < -0.39 is 5.82 Å². The van der Waals surface area contributed by atoms with Crippen LogP contribution in [0.3, 0.4) is 0 Å². The van der Waals surface area contributed by atoms with E-state index in [4.69, 9.17) is 11.6 Å². The molecular formula is C18H16ClFN2O2. The van der Waals surface area contributed by atoms with Crippen LogP contribution in [-0.4, -0.2) is 18.4 Å². The van der Waals surface area contributed by atoms with Crippen LogP contribution in [0.1, 0.15) is 12.8 Å². The van der Waals surface area contributed by atoms with E-state index >= 15 is 0 Å². The second-order valence-corrected chi connectivity index (χ2v) is 6.17. The van der Waals surface area contributed by atoms with E-state index in [9.17, 15) is 14.0 Å². The molecule has 0 heterocycles. The summed E-state index contributed by atoms with van der Waals surface area (Å²) in [5, 5.41) is 5.89. The summed E-state index contributed by atoms with van der Waals surface area (Å²) in [4.78, 5) is 23.6. The second-order valence-electron chi connectivity index (χ2n) is 5.74. The van der Waals surface area contributed by atoms with Gasteiger partial charge in [-0.3, -0.25) is 9.59 Å². The molecule has 124 valence electrons. The van der Waals surface area contributed by atoms with Gasteiger partial charge in [-0.2, -0.15) is 0 Å². The highest BCUT2D eigenvalue weighted by Crippen LogP contribution is 2.30. The monoisotopic (exact) mass is 346 g/mol. The summed E-state index contributed by atoms with van der Waals surface area (Å²) >= 11 is 5.87. The van der Waals surface area contributed by atoms with Gasteiger partial charge in [-0.05, 0) is 48.7 Å². The van der Waals surface area contributed by atoms with Crippen LogP contribution in [0.25, 0.3) is 11.1 Å². The van der Waals surface area contributed by atoms with Crippen molar-refractivity contribution in [1.29, 1.82) is 0 Å². The number of amides is 2. The molecule has 0 saturated heterocycles. The molecule has 1 aliphatic rings. The minimum absolute atomic E-state index is 0.0493. The molecule has 2 amide bonds. The van der Waals surface area contributed by atoms with Crippen LogP contribution < -0.4 is 10.6 Å². The number of anilines is 1. The van der Waals surface area contributed by atoms with Gasteiger partial charge in [0, 0.05) is 22.2 Å². The first-order valence-electron chi connectivity index (χ1n) is 7.66. The summed E-state index contributed by atoms with van der Waals surface area (Å²) in [6.07, 6.45) is 1.76. The molecule has 0 aromatic heterocycles. The lowest BCUT2D eigenvalue weighted by Crippen LogP contribution is -2.33. The van der Waals surface area contributed by atoms with Gasteiger partial charge < -0.3 is 10.6 Å². The van der Waals surface area contributed by atoms with Crippen LogP contribution in [0.15, 0.2) is 42.5 Å². The van der Waals surface area contributed by atoms with Crippen LogP contribution in [0.4, 0.5) is 10.1 Å². The normalized spacial score (nSPS) is 13.4. The lowest BCUT2D eigenvalue weighted by molar-refractivity contribution is -0.125. The minimum Gasteiger partial charge on any atom is -0.347 e. The third-order valence-corrected chi connectivity index (χ3v) is 4.03. The first-order chi connectivity index (χ1) is 11.5. The fourth-order valence-corrected chi connectivity index (χ4v) is 2.47. The maximum absolute atomic E-state index is 13.6. The van der Waals surface area contributed by atoms with E-state index in [0.717, 1.165) is 18.4 Å². The zero-order valence-corrected chi connectivity index (χ0v) is 13.6. The van der Waals surface area contributed by atoms with Crippen LogP contribution in [-0.2, 0) is 9.59 Å². The Labute approximate surface area is 144 Å². The zero-order chi connectivity index (χ0) is 17.1. The summed E-state index contributed by atoms with van der Waals surface area (Å²) in [6, 6.07) is 11.0. The molecule has 0 unspecified atom stereocenters. The highest BCUT2D eigenvalue weighted by molar-refractivity contribution is 6.30. The van der Waals surface area contributed by atoms with Gasteiger partial charge in [0.25, 0.3) is 0 Å². The van der Waals surface area contributed by atoms with Gasteiger partial charge in [0.05, 0.1) is 6.54 Å². The van der Waals surface area contributed by atoms with Crippen molar-refractivity contribution in [2.75, 3.05) is 11.9 Å². The third-order valence-electron chi connectivity index (χ3n) is 3.78. The number of rotatable bonds is 5. The molecule has 2 aromatic carbocycles. The predicted molar refractivity (Wildman–Crippen MR) is 91.2 cm³/mol. The van der Waals surface area contributed by atoms with E-state index in [0.29, 0.717) is 16.3 Å². The molecule has 0 atom stereocenters.